The minimum absolute atomic E-state index is 0.0820. The molecule has 0 heterocycles. The van der Waals surface area contributed by atoms with Crippen LogP contribution in [0.25, 0.3) is 0 Å². The number of carbonyl (C=O) groups is 2. The van der Waals surface area contributed by atoms with Crippen LogP contribution in [0.15, 0.2) is 25.3 Å². The Balaban J connectivity index is 0. The van der Waals surface area contributed by atoms with E-state index in [2.05, 4.69) is 38.7 Å². The summed E-state index contributed by atoms with van der Waals surface area (Å²) in [7, 11) is 0. The predicted molar refractivity (Wildman–Crippen MR) is 72.4 cm³/mol. The topological polar surface area (TPSA) is 52.6 Å². The van der Waals surface area contributed by atoms with Gasteiger partial charge in [0.25, 0.3) is 0 Å². The van der Waals surface area contributed by atoms with Gasteiger partial charge in [-0.25, -0.2) is 9.59 Å². The standard InChI is InChI=1S/C9H16O2.C5H5F3O2/c1-5-8(10)11-7-9(3,4)6-2;1-2-4(9)10-3-5(6,7)8/h5H,1,6-7H2,2-4H3;2H,1,3H2. The number of hydrogen-bond acceptors (Lipinski definition) is 4. The van der Waals surface area contributed by atoms with Crippen LogP contribution in [0.1, 0.15) is 27.2 Å². The molecule has 0 bridgehead atoms. The number of rotatable bonds is 6. The first-order valence-electron chi connectivity index (χ1n) is 6.12. The Morgan fingerprint density at radius 2 is 1.38 bits per heavy atom. The van der Waals surface area contributed by atoms with Gasteiger partial charge in [-0.3, -0.25) is 0 Å². The van der Waals surface area contributed by atoms with Crippen LogP contribution in [0.2, 0.25) is 0 Å². The molecular weight excluding hydrogens is 289 g/mol. The van der Waals surface area contributed by atoms with E-state index in [4.69, 9.17) is 4.74 Å². The summed E-state index contributed by atoms with van der Waals surface area (Å²) in [5.74, 6) is -1.41. The van der Waals surface area contributed by atoms with Crippen molar-refractivity contribution < 1.29 is 32.2 Å². The Kier molecular flexibility index (Phi) is 10.3. The molecular formula is C14H21F3O4. The fourth-order valence-corrected chi connectivity index (χ4v) is 0.639. The number of carbonyl (C=O) groups excluding carboxylic acids is 2. The summed E-state index contributed by atoms with van der Waals surface area (Å²) in [6, 6.07) is 0. The van der Waals surface area contributed by atoms with Crippen LogP contribution in [-0.4, -0.2) is 31.3 Å². The quantitative estimate of drug-likeness (QED) is 0.557. The van der Waals surface area contributed by atoms with Gasteiger partial charge in [0, 0.05) is 12.2 Å². The molecule has 21 heavy (non-hydrogen) atoms. The third kappa shape index (κ3) is 16.2. The molecule has 0 saturated carbocycles. The maximum atomic E-state index is 11.2. The van der Waals surface area contributed by atoms with Crippen molar-refractivity contribution in [2.24, 2.45) is 5.41 Å². The highest BCUT2D eigenvalue weighted by Crippen LogP contribution is 2.19. The molecule has 0 aromatic carbocycles. The Labute approximate surface area is 122 Å². The van der Waals surface area contributed by atoms with Crippen LogP contribution in [0, 0.1) is 5.41 Å². The van der Waals surface area contributed by atoms with Gasteiger partial charge in [0.2, 0.25) is 0 Å². The molecule has 0 rings (SSSR count). The van der Waals surface area contributed by atoms with Gasteiger partial charge in [0.1, 0.15) is 0 Å². The molecule has 0 aliphatic heterocycles. The molecule has 0 saturated heterocycles. The van der Waals surface area contributed by atoms with Gasteiger partial charge in [0.05, 0.1) is 6.61 Å². The molecule has 0 aliphatic carbocycles. The van der Waals surface area contributed by atoms with E-state index in [1.54, 1.807) is 0 Å². The number of hydrogen-bond donors (Lipinski definition) is 0. The molecule has 0 spiro atoms. The van der Waals surface area contributed by atoms with Crippen LogP contribution in [-0.2, 0) is 19.1 Å². The molecule has 0 N–H and O–H groups in total. The van der Waals surface area contributed by atoms with Crippen molar-refractivity contribution in [2.45, 2.75) is 33.4 Å². The van der Waals surface area contributed by atoms with Crippen LogP contribution in [0.5, 0.6) is 0 Å². The summed E-state index contributed by atoms with van der Waals surface area (Å²) in [4.78, 5) is 20.7. The normalized spacial score (nSPS) is 10.8. The van der Waals surface area contributed by atoms with Crippen LogP contribution < -0.4 is 0 Å². The molecule has 0 amide bonds. The zero-order valence-electron chi connectivity index (χ0n) is 12.5. The monoisotopic (exact) mass is 310 g/mol. The first-order valence-corrected chi connectivity index (χ1v) is 6.12. The summed E-state index contributed by atoms with van der Waals surface area (Å²) in [6.45, 7) is 11.3. The molecule has 0 aromatic heterocycles. The van der Waals surface area contributed by atoms with Crippen LogP contribution in [0.3, 0.4) is 0 Å². The SMILES string of the molecule is C=CC(=O)OCC(C)(C)CC.C=CC(=O)OCC(F)(F)F. The second-order valence-electron chi connectivity index (χ2n) is 4.76. The maximum absolute atomic E-state index is 11.2. The van der Waals surface area contributed by atoms with E-state index in [0.717, 1.165) is 6.42 Å². The lowest BCUT2D eigenvalue weighted by molar-refractivity contribution is -0.182. The van der Waals surface area contributed by atoms with E-state index in [9.17, 15) is 22.8 Å². The van der Waals surface area contributed by atoms with E-state index in [0.29, 0.717) is 12.7 Å². The molecule has 4 nitrogen and oxygen atoms in total. The molecule has 0 aromatic rings. The van der Waals surface area contributed by atoms with Crippen molar-refractivity contribution >= 4 is 11.9 Å². The first-order chi connectivity index (χ1) is 9.47. The van der Waals surface area contributed by atoms with Gasteiger partial charge in [-0.05, 0) is 11.8 Å². The lowest BCUT2D eigenvalue weighted by atomic mass is 9.92. The van der Waals surface area contributed by atoms with Gasteiger partial charge in [0.15, 0.2) is 6.61 Å². The molecule has 122 valence electrons. The molecule has 0 fully saturated rings. The average molecular weight is 310 g/mol. The summed E-state index contributed by atoms with van der Waals surface area (Å²) in [5, 5.41) is 0. The second-order valence-corrected chi connectivity index (χ2v) is 4.76. The maximum Gasteiger partial charge on any atom is 0.422 e. The Morgan fingerprint density at radius 1 is 1.00 bits per heavy atom. The number of esters is 2. The summed E-state index contributed by atoms with van der Waals surface area (Å²) in [5.41, 5.74) is 0.0820. The van der Waals surface area contributed by atoms with E-state index >= 15 is 0 Å². The van der Waals surface area contributed by atoms with E-state index in [-0.39, 0.29) is 11.4 Å². The van der Waals surface area contributed by atoms with Crippen molar-refractivity contribution in [1.82, 2.24) is 0 Å². The van der Waals surface area contributed by atoms with Crippen LogP contribution >= 0.6 is 0 Å². The van der Waals surface area contributed by atoms with Crippen molar-refractivity contribution in [3.63, 3.8) is 0 Å². The fraction of sp³-hybridized carbons (Fsp3) is 0.571. The highest BCUT2D eigenvalue weighted by Gasteiger charge is 2.28. The van der Waals surface area contributed by atoms with E-state index in [1.807, 2.05) is 0 Å². The van der Waals surface area contributed by atoms with Gasteiger partial charge in [-0.2, -0.15) is 13.2 Å². The van der Waals surface area contributed by atoms with Crippen molar-refractivity contribution in [3.05, 3.63) is 25.3 Å². The van der Waals surface area contributed by atoms with Gasteiger partial charge >= 0.3 is 18.1 Å². The summed E-state index contributed by atoms with van der Waals surface area (Å²) in [6.07, 6.45) is -1.60. The second kappa shape index (κ2) is 10.0. The average Bonchev–Trinajstić information content (AvgIpc) is 2.42. The van der Waals surface area contributed by atoms with Gasteiger partial charge < -0.3 is 9.47 Å². The highest BCUT2D eigenvalue weighted by atomic mass is 19.4. The Bertz CT molecular complexity index is 360. The first kappa shape index (κ1) is 21.5. The Morgan fingerprint density at radius 3 is 1.67 bits per heavy atom. The number of halogens is 3. The molecule has 0 unspecified atom stereocenters. The van der Waals surface area contributed by atoms with Crippen molar-refractivity contribution in [3.8, 4) is 0 Å². The van der Waals surface area contributed by atoms with Crippen LogP contribution in [0.4, 0.5) is 13.2 Å². The molecule has 0 radical (unpaired) electrons. The minimum atomic E-state index is -4.46. The third-order valence-corrected chi connectivity index (χ3v) is 2.27. The summed E-state index contributed by atoms with van der Waals surface area (Å²) >= 11 is 0. The predicted octanol–water partition coefficient (Wildman–Crippen LogP) is 3.43. The largest absolute Gasteiger partial charge is 0.462 e. The lowest BCUT2D eigenvalue weighted by Crippen LogP contribution is -2.19. The molecule has 7 heteroatoms. The van der Waals surface area contributed by atoms with Gasteiger partial charge in [-0.15, -0.1) is 0 Å². The smallest absolute Gasteiger partial charge is 0.422 e. The Hall–Kier alpha value is -1.79. The molecule has 0 atom stereocenters. The van der Waals surface area contributed by atoms with E-state index in [1.165, 1.54) is 6.08 Å². The zero-order chi connectivity index (χ0) is 17.1. The van der Waals surface area contributed by atoms with Crippen molar-refractivity contribution in [2.75, 3.05) is 13.2 Å². The zero-order valence-corrected chi connectivity index (χ0v) is 12.5. The fourth-order valence-electron chi connectivity index (χ4n) is 0.639. The van der Waals surface area contributed by atoms with E-state index < -0.39 is 18.8 Å². The minimum Gasteiger partial charge on any atom is -0.462 e. The number of ether oxygens (including phenoxy) is 2. The highest BCUT2D eigenvalue weighted by molar-refractivity contribution is 5.81. The summed E-state index contributed by atoms with van der Waals surface area (Å²) < 4.78 is 42.3. The number of alkyl halides is 3. The molecule has 0 aliphatic rings. The van der Waals surface area contributed by atoms with Gasteiger partial charge in [-0.1, -0.05) is 33.9 Å². The lowest BCUT2D eigenvalue weighted by Gasteiger charge is -2.21. The third-order valence-electron chi connectivity index (χ3n) is 2.27. The van der Waals surface area contributed by atoms with Crippen molar-refractivity contribution in [1.29, 1.82) is 0 Å².